The third-order valence-electron chi connectivity index (χ3n) is 3.29. The second-order valence-electron chi connectivity index (χ2n) is 5.06. The first-order valence-corrected chi connectivity index (χ1v) is 7.23. The highest BCUT2D eigenvalue weighted by Gasteiger charge is 2.08. The summed E-state index contributed by atoms with van der Waals surface area (Å²) < 4.78 is 13.6. The van der Waals surface area contributed by atoms with Crippen LogP contribution in [0.2, 0.25) is 0 Å². The van der Waals surface area contributed by atoms with Crippen LogP contribution in [-0.4, -0.2) is 5.91 Å². The fourth-order valence-corrected chi connectivity index (χ4v) is 2.38. The molecule has 0 spiro atoms. The molecule has 2 aromatic rings. The van der Waals surface area contributed by atoms with E-state index < -0.39 is 0 Å². The molecule has 0 aliphatic rings. The van der Waals surface area contributed by atoms with E-state index >= 15 is 0 Å². The van der Waals surface area contributed by atoms with E-state index in [1.54, 1.807) is 44.2 Å². The summed E-state index contributed by atoms with van der Waals surface area (Å²) in [7, 11) is 0. The van der Waals surface area contributed by atoms with Gasteiger partial charge in [0.25, 0.3) is 5.91 Å². The molecule has 21 heavy (non-hydrogen) atoms. The monoisotopic (exact) mass is 305 g/mol. The van der Waals surface area contributed by atoms with Crippen LogP contribution in [0.25, 0.3) is 0 Å². The molecule has 1 amide bonds. The Bertz CT molecular complexity index is 647. The highest BCUT2D eigenvalue weighted by Crippen LogP contribution is 2.15. The average Bonchev–Trinajstić information content (AvgIpc) is 2.50. The van der Waals surface area contributed by atoms with Crippen molar-refractivity contribution in [1.29, 1.82) is 0 Å². The standard InChI is InChI=1S/C17H17ClFNO/c1-11-6-14(7-12(2)16(11)19)10-20-17(21)15-5-3-4-13(8-15)9-18/h3-8H,9-10H2,1-2H3,(H,20,21). The van der Waals surface area contributed by atoms with Crippen LogP contribution in [0.4, 0.5) is 4.39 Å². The van der Waals surface area contributed by atoms with Crippen LogP contribution in [0.5, 0.6) is 0 Å². The van der Waals surface area contributed by atoms with E-state index in [9.17, 15) is 9.18 Å². The number of carbonyl (C=O) groups excluding carboxylic acids is 1. The number of carbonyl (C=O) groups is 1. The molecule has 0 saturated heterocycles. The van der Waals surface area contributed by atoms with Crippen molar-refractivity contribution in [3.63, 3.8) is 0 Å². The zero-order valence-electron chi connectivity index (χ0n) is 12.0. The molecular weight excluding hydrogens is 289 g/mol. The fraction of sp³-hybridized carbons (Fsp3) is 0.235. The summed E-state index contributed by atoms with van der Waals surface area (Å²) in [4.78, 5) is 12.1. The quantitative estimate of drug-likeness (QED) is 0.846. The molecule has 0 heterocycles. The summed E-state index contributed by atoms with van der Waals surface area (Å²) in [6.45, 7) is 3.81. The molecule has 2 aromatic carbocycles. The Hall–Kier alpha value is -1.87. The van der Waals surface area contributed by atoms with E-state index in [-0.39, 0.29) is 11.7 Å². The van der Waals surface area contributed by atoms with E-state index in [2.05, 4.69) is 5.32 Å². The molecule has 0 aliphatic heterocycles. The van der Waals surface area contributed by atoms with Gasteiger partial charge >= 0.3 is 0 Å². The Morgan fingerprint density at radius 3 is 2.43 bits per heavy atom. The number of benzene rings is 2. The summed E-state index contributed by atoms with van der Waals surface area (Å²) in [5.41, 5.74) is 3.53. The minimum atomic E-state index is -0.195. The highest BCUT2D eigenvalue weighted by molar-refractivity contribution is 6.17. The van der Waals surface area contributed by atoms with Crippen LogP contribution in [0.1, 0.15) is 32.6 Å². The van der Waals surface area contributed by atoms with E-state index in [0.29, 0.717) is 29.1 Å². The van der Waals surface area contributed by atoms with Crippen LogP contribution in [0.15, 0.2) is 36.4 Å². The maximum atomic E-state index is 13.6. The summed E-state index contributed by atoms with van der Waals surface area (Å²) in [6.07, 6.45) is 0. The Morgan fingerprint density at radius 2 is 1.81 bits per heavy atom. The first kappa shape index (κ1) is 15.5. The van der Waals surface area contributed by atoms with E-state index in [4.69, 9.17) is 11.6 Å². The first-order chi connectivity index (χ1) is 10.0. The van der Waals surface area contributed by atoms with Crippen molar-refractivity contribution in [3.8, 4) is 0 Å². The van der Waals surface area contributed by atoms with Gasteiger partial charge in [0.05, 0.1) is 0 Å². The molecule has 110 valence electrons. The molecule has 0 aromatic heterocycles. The molecule has 0 atom stereocenters. The van der Waals surface area contributed by atoms with Crippen LogP contribution < -0.4 is 5.32 Å². The molecule has 0 radical (unpaired) electrons. The second kappa shape index (κ2) is 6.72. The average molecular weight is 306 g/mol. The first-order valence-electron chi connectivity index (χ1n) is 6.70. The predicted octanol–water partition coefficient (Wildman–Crippen LogP) is 4.11. The number of nitrogens with one attached hydrogen (secondary N) is 1. The largest absolute Gasteiger partial charge is 0.348 e. The van der Waals surface area contributed by atoms with Crippen LogP contribution in [-0.2, 0) is 12.4 Å². The van der Waals surface area contributed by atoms with E-state index in [1.807, 2.05) is 6.07 Å². The van der Waals surface area contributed by atoms with Gasteiger partial charge in [-0.1, -0.05) is 24.3 Å². The van der Waals surface area contributed by atoms with Gasteiger partial charge in [0.1, 0.15) is 5.82 Å². The van der Waals surface area contributed by atoms with Gasteiger partial charge < -0.3 is 5.32 Å². The Kier molecular flexibility index (Phi) is 4.97. The van der Waals surface area contributed by atoms with Gasteiger partial charge in [0.2, 0.25) is 0 Å². The maximum Gasteiger partial charge on any atom is 0.251 e. The maximum absolute atomic E-state index is 13.6. The molecule has 4 heteroatoms. The molecular formula is C17H17ClFNO. The smallest absolute Gasteiger partial charge is 0.251 e. The van der Waals surface area contributed by atoms with Gasteiger partial charge in [0, 0.05) is 18.0 Å². The Balaban J connectivity index is 2.07. The molecule has 2 rings (SSSR count). The number of hydrogen-bond donors (Lipinski definition) is 1. The molecule has 0 saturated carbocycles. The van der Waals surface area contributed by atoms with Crippen molar-refractivity contribution in [1.82, 2.24) is 5.32 Å². The van der Waals surface area contributed by atoms with Crippen molar-refractivity contribution in [2.24, 2.45) is 0 Å². The minimum absolute atomic E-state index is 0.165. The SMILES string of the molecule is Cc1cc(CNC(=O)c2cccc(CCl)c2)cc(C)c1F. The summed E-state index contributed by atoms with van der Waals surface area (Å²) in [6, 6.07) is 10.7. The molecule has 2 nitrogen and oxygen atoms in total. The van der Waals surface area contributed by atoms with Crippen molar-refractivity contribution >= 4 is 17.5 Å². The van der Waals surface area contributed by atoms with Crippen LogP contribution in [0, 0.1) is 19.7 Å². The number of hydrogen-bond acceptors (Lipinski definition) is 1. The van der Waals surface area contributed by atoms with Gasteiger partial charge in [-0.05, 0) is 48.2 Å². The third-order valence-corrected chi connectivity index (χ3v) is 3.60. The van der Waals surface area contributed by atoms with Gasteiger partial charge in [-0.25, -0.2) is 4.39 Å². The predicted molar refractivity (Wildman–Crippen MR) is 83.0 cm³/mol. The molecule has 0 unspecified atom stereocenters. The van der Waals surface area contributed by atoms with Crippen molar-refractivity contribution < 1.29 is 9.18 Å². The summed E-state index contributed by atoms with van der Waals surface area (Å²) in [5, 5.41) is 2.84. The lowest BCUT2D eigenvalue weighted by Gasteiger charge is -2.09. The van der Waals surface area contributed by atoms with Gasteiger partial charge in [-0.3, -0.25) is 4.79 Å². The summed E-state index contributed by atoms with van der Waals surface area (Å²) >= 11 is 5.76. The van der Waals surface area contributed by atoms with E-state index in [0.717, 1.165) is 11.1 Å². The topological polar surface area (TPSA) is 29.1 Å². The minimum Gasteiger partial charge on any atom is -0.348 e. The number of aryl methyl sites for hydroxylation is 2. The molecule has 0 aliphatic carbocycles. The summed E-state index contributed by atoms with van der Waals surface area (Å²) in [5.74, 6) is 0.0128. The molecule has 1 N–H and O–H groups in total. The van der Waals surface area contributed by atoms with Crippen LogP contribution >= 0.6 is 11.6 Å². The van der Waals surface area contributed by atoms with Gasteiger partial charge in [-0.2, -0.15) is 0 Å². The Labute approximate surface area is 128 Å². The molecule has 0 fully saturated rings. The number of rotatable bonds is 4. The highest BCUT2D eigenvalue weighted by atomic mass is 35.5. The van der Waals surface area contributed by atoms with Crippen molar-refractivity contribution in [2.45, 2.75) is 26.3 Å². The number of alkyl halides is 1. The normalized spacial score (nSPS) is 10.5. The fourth-order valence-electron chi connectivity index (χ4n) is 2.22. The third kappa shape index (κ3) is 3.82. The van der Waals surface area contributed by atoms with Gasteiger partial charge in [-0.15, -0.1) is 11.6 Å². The zero-order chi connectivity index (χ0) is 15.4. The molecule has 0 bridgehead atoms. The lowest BCUT2D eigenvalue weighted by molar-refractivity contribution is 0.0951. The number of halogens is 2. The Morgan fingerprint density at radius 1 is 1.14 bits per heavy atom. The second-order valence-corrected chi connectivity index (χ2v) is 5.33. The van der Waals surface area contributed by atoms with Crippen molar-refractivity contribution in [3.05, 3.63) is 70.0 Å². The van der Waals surface area contributed by atoms with Crippen molar-refractivity contribution in [2.75, 3.05) is 0 Å². The lowest BCUT2D eigenvalue weighted by Crippen LogP contribution is -2.23. The van der Waals surface area contributed by atoms with Crippen LogP contribution in [0.3, 0.4) is 0 Å². The van der Waals surface area contributed by atoms with E-state index in [1.165, 1.54) is 0 Å². The lowest BCUT2D eigenvalue weighted by atomic mass is 10.1. The zero-order valence-corrected chi connectivity index (χ0v) is 12.8. The number of amides is 1. The van der Waals surface area contributed by atoms with Gasteiger partial charge in [0.15, 0.2) is 0 Å².